The first kappa shape index (κ1) is 16.0. The summed E-state index contributed by atoms with van der Waals surface area (Å²) in [6.45, 7) is 1.41. The SMILES string of the molecule is O=C(NCCc1ccc2c(c1)OCCO2)Nc1ccc(F)cc1F. The van der Waals surface area contributed by atoms with Gasteiger partial charge in [-0.15, -0.1) is 0 Å². The van der Waals surface area contributed by atoms with Gasteiger partial charge < -0.3 is 20.1 Å². The minimum absolute atomic E-state index is 0.0757. The third-order valence-corrected chi connectivity index (χ3v) is 3.49. The van der Waals surface area contributed by atoms with Gasteiger partial charge in [-0.05, 0) is 36.2 Å². The van der Waals surface area contributed by atoms with E-state index in [2.05, 4.69) is 10.6 Å². The summed E-state index contributed by atoms with van der Waals surface area (Å²) in [4.78, 5) is 11.7. The van der Waals surface area contributed by atoms with Gasteiger partial charge in [0.2, 0.25) is 0 Å². The predicted octanol–water partition coefficient (Wildman–Crippen LogP) is 3.10. The first-order valence-corrected chi connectivity index (χ1v) is 7.50. The van der Waals surface area contributed by atoms with Gasteiger partial charge in [0.25, 0.3) is 0 Å². The van der Waals surface area contributed by atoms with Crippen LogP contribution in [0.25, 0.3) is 0 Å². The van der Waals surface area contributed by atoms with Crippen molar-refractivity contribution in [2.24, 2.45) is 0 Å². The summed E-state index contributed by atoms with van der Waals surface area (Å²) < 4.78 is 37.2. The second-order valence-corrected chi connectivity index (χ2v) is 5.23. The van der Waals surface area contributed by atoms with E-state index < -0.39 is 17.7 Å². The molecule has 2 amide bonds. The van der Waals surface area contributed by atoms with Crippen molar-refractivity contribution in [3.05, 3.63) is 53.6 Å². The van der Waals surface area contributed by atoms with E-state index in [0.29, 0.717) is 43.7 Å². The number of benzene rings is 2. The van der Waals surface area contributed by atoms with Crippen LogP contribution < -0.4 is 20.1 Å². The number of anilines is 1. The lowest BCUT2D eigenvalue weighted by Crippen LogP contribution is -2.30. The summed E-state index contributed by atoms with van der Waals surface area (Å²) in [5, 5.41) is 4.96. The molecule has 24 heavy (non-hydrogen) atoms. The van der Waals surface area contributed by atoms with Crippen molar-refractivity contribution in [3.8, 4) is 11.5 Å². The van der Waals surface area contributed by atoms with Crippen LogP contribution >= 0.6 is 0 Å². The molecular formula is C17H16F2N2O3. The van der Waals surface area contributed by atoms with Gasteiger partial charge in [-0.25, -0.2) is 13.6 Å². The molecule has 1 aliphatic heterocycles. The molecule has 2 aromatic carbocycles. The molecule has 2 N–H and O–H groups in total. The Hall–Kier alpha value is -2.83. The lowest BCUT2D eigenvalue weighted by molar-refractivity contribution is 0.171. The lowest BCUT2D eigenvalue weighted by Gasteiger charge is -2.18. The number of fused-ring (bicyclic) bond motifs is 1. The highest BCUT2D eigenvalue weighted by molar-refractivity contribution is 5.89. The number of urea groups is 1. The molecule has 0 atom stereocenters. The number of hydrogen-bond donors (Lipinski definition) is 2. The first-order valence-electron chi connectivity index (χ1n) is 7.50. The third-order valence-electron chi connectivity index (χ3n) is 3.49. The summed E-state index contributed by atoms with van der Waals surface area (Å²) in [5.41, 5.74) is 0.903. The topological polar surface area (TPSA) is 59.6 Å². The van der Waals surface area contributed by atoms with Gasteiger partial charge in [-0.3, -0.25) is 0 Å². The van der Waals surface area contributed by atoms with Crippen LogP contribution in [0.5, 0.6) is 11.5 Å². The Labute approximate surface area is 137 Å². The van der Waals surface area contributed by atoms with Crippen molar-refractivity contribution in [3.63, 3.8) is 0 Å². The second-order valence-electron chi connectivity index (χ2n) is 5.23. The Balaban J connectivity index is 1.50. The zero-order valence-corrected chi connectivity index (χ0v) is 12.8. The number of carbonyl (C=O) groups excluding carboxylic acids is 1. The molecule has 0 fully saturated rings. The Morgan fingerprint density at radius 2 is 1.83 bits per heavy atom. The number of ether oxygens (including phenoxy) is 2. The molecule has 5 nitrogen and oxygen atoms in total. The normalized spacial score (nSPS) is 12.6. The maximum absolute atomic E-state index is 13.4. The Kier molecular flexibility index (Phi) is 4.79. The van der Waals surface area contributed by atoms with E-state index in [1.807, 2.05) is 18.2 Å². The minimum atomic E-state index is -0.822. The van der Waals surface area contributed by atoms with Crippen LogP contribution in [0, 0.1) is 11.6 Å². The summed E-state index contributed by atoms with van der Waals surface area (Å²) in [6.07, 6.45) is 0.579. The van der Waals surface area contributed by atoms with Gasteiger partial charge in [0.05, 0.1) is 5.69 Å². The highest BCUT2D eigenvalue weighted by atomic mass is 19.1. The fourth-order valence-electron chi connectivity index (χ4n) is 2.32. The molecule has 0 bridgehead atoms. The number of nitrogens with one attached hydrogen (secondary N) is 2. The van der Waals surface area contributed by atoms with Crippen molar-refractivity contribution >= 4 is 11.7 Å². The van der Waals surface area contributed by atoms with Crippen LogP contribution in [0.4, 0.5) is 19.3 Å². The molecule has 0 unspecified atom stereocenters. The number of amides is 2. The molecule has 0 saturated carbocycles. The van der Waals surface area contributed by atoms with Crippen molar-refractivity contribution in [2.75, 3.05) is 25.1 Å². The van der Waals surface area contributed by atoms with Gasteiger partial charge in [0.15, 0.2) is 11.5 Å². The molecule has 1 aliphatic rings. The van der Waals surface area contributed by atoms with Crippen LogP contribution in [0.2, 0.25) is 0 Å². The average molecular weight is 334 g/mol. The second kappa shape index (κ2) is 7.16. The first-order chi connectivity index (χ1) is 11.6. The molecule has 0 radical (unpaired) electrons. The zero-order chi connectivity index (χ0) is 16.9. The van der Waals surface area contributed by atoms with Crippen LogP contribution in [0.1, 0.15) is 5.56 Å². The van der Waals surface area contributed by atoms with E-state index in [4.69, 9.17) is 9.47 Å². The monoisotopic (exact) mass is 334 g/mol. The lowest BCUT2D eigenvalue weighted by atomic mass is 10.1. The van der Waals surface area contributed by atoms with Crippen LogP contribution in [0.3, 0.4) is 0 Å². The minimum Gasteiger partial charge on any atom is -0.486 e. The molecule has 2 aromatic rings. The standard InChI is InChI=1S/C17H16F2N2O3/c18-12-2-3-14(13(19)10-12)21-17(22)20-6-5-11-1-4-15-16(9-11)24-8-7-23-15/h1-4,9-10H,5-8H2,(H2,20,21,22). The van der Waals surface area contributed by atoms with Crippen LogP contribution in [0.15, 0.2) is 36.4 Å². The summed E-state index contributed by atoms with van der Waals surface area (Å²) in [6, 6.07) is 8.00. The molecule has 1 heterocycles. The smallest absolute Gasteiger partial charge is 0.319 e. The van der Waals surface area contributed by atoms with Gasteiger partial charge >= 0.3 is 6.03 Å². The third kappa shape index (κ3) is 3.92. The van der Waals surface area contributed by atoms with Gasteiger partial charge in [-0.2, -0.15) is 0 Å². The van der Waals surface area contributed by atoms with E-state index >= 15 is 0 Å². The summed E-state index contributed by atoms with van der Waals surface area (Å²) >= 11 is 0. The molecule has 126 valence electrons. The van der Waals surface area contributed by atoms with Crippen molar-refractivity contribution in [2.45, 2.75) is 6.42 Å². The van der Waals surface area contributed by atoms with Gasteiger partial charge in [0, 0.05) is 12.6 Å². The zero-order valence-electron chi connectivity index (χ0n) is 12.8. The molecule has 0 spiro atoms. The molecule has 0 saturated heterocycles. The fraction of sp³-hybridized carbons (Fsp3) is 0.235. The number of carbonyl (C=O) groups is 1. The molecule has 0 aromatic heterocycles. The summed E-state index contributed by atoms with van der Waals surface area (Å²) in [7, 11) is 0. The Morgan fingerprint density at radius 1 is 1.04 bits per heavy atom. The van der Waals surface area contributed by atoms with Crippen LogP contribution in [-0.2, 0) is 6.42 Å². The number of hydrogen-bond acceptors (Lipinski definition) is 3. The maximum Gasteiger partial charge on any atom is 0.319 e. The van der Waals surface area contributed by atoms with Crippen molar-refractivity contribution < 1.29 is 23.0 Å². The van der Waals surface area contributed by atoms with E-state index in [-0.39, 0.29) is 5.69 Å². The maximum atomic E-state index is 13.4. The highest BCUT2D eigenvalue weighted by Crippen LogP contribution is 2.30. The van der Waals surface area contributed by atoms with Crippen molar-refractivity contribution in [1.82, 2.24) is 5.32 Å². The van der Waals surface area contributed by atoms with E-state index in [9.17, 15) is 13.6 Å². The molecule has 7 heteroatoms. The van der Waals surface area contributed by atoms with E-state index in [1.54, 1.807) is 0 Å². The molecule has 3 rings (SSSR count). The average Bonchev–Trinajstić information content (AvgIpc) is 2.57. The van der Waals surface area contributed by atoms with Gasteiger partial charge in [0.1, 0.15) is 24.8 Å². The molecular weight excluding hydrogens is 318 g/mol. The van der Waals surface area contributed by atoms with E-state index in [0.717, 1.165) is 11.6 Å². The van der Waals surface area contributed by atoms with E-state index in [1.165, 1.54) is 6.07 Å². The number of halogens is 2. The largest absolute Gasteiger partial charge is 0.486 e. The predicted molar refractivity (Wildman–Crippen MR) is 84.5 cm³/mol. The Bertz CT molecular complexity index is 753. The Morgan fingerprint density at radius 3 is 2.62 bits per heavy atom. The highest BCUT2D eigenvalue weighted by Gasteiger charge is 2.12. The quantitative estimate of drug-likeness (QED) is 0.903. The number of rotatable bonds is 4. The summed E-state index contributed by atoms with van der Waals surface area (Å²) in [5.74, 6) is -0.117. The fourth-order valence-corrected chi connectivity index (χ4v) is 2.32. The van der Waals surface area contributed by atoms with Gasteiger partial charge in [-0.1, -0.05) is 6.07 Å². The van der Waals surface area contributed by atoms with Crippen LogP contribution in [-0.4, -0.2) is 25.8 Å². The molecule has 0 aliphatic carbocycles. The van der Waals surface area contributed by atoms with Crippen molar-refractivity contribution in [1.29, 1.82) is 0 Å².